The summed E-state index contributed by atoms with van der Waals surface area (Å²) in [5, 5.41) is 19.4. The maximum absolute atomic E-state index is 9.90. The molecule has 0 spiro atoms. The number of hydrogen-bond acceptors (Lipinski definition) is 4. The van der Waals surface area contributed by atoms with Crippen LogP contribution in [0.1, 0.15) is 37.9 Å². The van der Waals surface area contributed by atoms with E-state index in [0.717, 1.165) is 31.7 Å². The van der Waals surface area contributed by atoms with Crippen LogP contribution in [0.15, 0.2) is 18.2 Å². The summed E-state index contributed by atoms with van der Waals surface area (Å²) in [5.74, 6) is 0.143. The second-order valence-electron chi connectivity index (χ2n) is 5.29. The van der Waals surface area contributed by atoms with Gasteiger partial charge in [0.15, 0.2) is 0 Å². The molecular weight excluding hydrogens is 242 g/mol. The summed E-state index contributed by atoms with van der Waals surface area (Å²) in [5.41, 5.74) is 1.50. The van der Waals surface area contributed by atoms with Gasteiger partial charge in [-0.1, -0.05) is 6.07 Å². The molecule has 0 amide bonds. The van der Waals surface area contributed by atoms with Crippen LogP contribution >= 0.6 is 0 Å². The Morgan fingerprint density at radius 1 is 1.42 bits per heavy atom. The van der Waals surface area contributed by atoms with Gasteiger partial charge < -0.3 is 19.8 Å². The first-order valence-electron chi connectivity index (χ1n) is 6.91. The van der Waals surface area contributed by atoms with E-state index in [-0.39, 0.29) is 11.9 Å². The van der Waals surface area contributed by atoms with Crippen LogP contribution in [0.3, 0.4) is 0 Å². The van der Waals surface area contributed by atoms with E-state index in [0.29, 0.717) is 5.56 Å². The predicted molar refractivity (Wildman–Crippen MR) is 75.6 cm³/mol. The molecule has 0 aromatic heterocycles. The number of benzene rings is 1. The molecule has 0 saturated carbocycles. The molecule has 2 unspecified atom stereocenters. The van der Waals surface area contributed by atoms with E-state index in [9.17, 15) is 10.2 Å². The van der Waals surface area contributed by atoms with Crippen LogP contribution < -0.4 is 4.90 Å². The minimum atomic E-state index is -0.652. The lowest BCUT2D eigenvalue weighted by Gasteiger charge is -2.29. The number of nitrogens with zero attached hydrogens (tertiary/aromatic N) is 1. The molecule has 1 aliphatic rings. The van der Waals surface area contributed by atoms with Crippen molar-refractivity contribution in [2.24, 2.45) is 0 Å². The molecule has 4 nitrogen and oxygen atoms in total. The molecule has 2 N–H and O–H groups in total. The van der Waals surface area contributed by atoms with Gasteiger partial charge in [0.1, 0.15) is 5.75 Å². The smallest absolute Gasteiger partial charge is 0.123 e. The van der Waals surface area contributed by atoms with Crippen LogP contribution in [0.25, 0.3) is 0 Å². The summed E-state index contributed by atoms with van der Waals surface area (Å²) in [7, 11) is 1.99. The van der Waals surface area contributed by atoms with Gasteiger partial charge in [0.05, 0.1) is 12.2 Å². The molecular formula is C15H23NO3. The molecule has 1 fully saturated rings. The zero-order valence-electron chi connectivity index (χ0n) is 11.7. The largest absolute Gasteiger partial charge is 0.507 e. The lowest BCUT2D eigenvalue weighted by Crippen LogP contribution is -2.33. The molecule has 0 aliphatic carbocycles. The first kappa shape index (κ1) is 14.2. The fourth-order valence-corrected chi connectivity index (χ4v) is 2.49. The summed E-state index contributed by atoms with van der Waals surface area (Å²) in [6, 6.07) is 5.39. The number of ether oxygens (including phenoxy) is 1. The minimum Gasteiger partial charge on any atom is -0.507 e. The molecule has 2 rings (SSSR count). The number of phenols is 1. The zero-order valence-corrected chi connectivity index (χ0v) is 11.7. The third-order valence-corrected chi connectivity index (χ3v) is 3.66. The number of aliphatic hydroxyl groups is 1. The van der Waals surface area contributed by atoms with Gasteiger partial charge in [-0.3, -0.25) is 0 Å². The van der Waals surface area contributed by atoms with Crippen LogP contribution in [0.2, 0.25) is 0 Å². The van der Waals surface area contributed by atoms with Crippen LogP contribution in [0.4, 0.5) is 5.69 Å². The van der Waals surface area contributed by atoms with Crippen LogP contribution in [-0.2, 0) is 4.74 Å². The van der Waals surface area contributed by atoms with E-state index in [1.807, 2.05) is 13.1 Å². The average Bonchev–Trinajstić information content (AvgIpc) is 2.39. The first-order valence-corrected chi connectivity index (χ1v) is 6.91. The molecule has 1 aromatic carbocycles. The number of phenolic OH excluding ortho intramolecular Hbond substituents is 1. The van der Waals surface area contributed by atoms with Crippen molar-refractivity contribution in [1.29, 1.82) is 0 Å². The highest BCUT2D eigenvalue weighted by Crippen LogP contribution is 2.29. The number of aliphatic hydroxyl groups excluding tert-OH is 1. The van der Waals surface area contributed by atoms with Gasteiger partial charge in [0.2, 0.25) is 0 Å². The molecule has 4 heteroatoms. The Morgan fingerprint density at radius 3 is 2.79 bits per heavy atom. The molecule has 1 aromatic rings. The third-order valence-electron chi connectivity index (χ3n) is 3.66. The quantitative estimate of drug-likeness (QED) is 0.878. The van der Waals surface area contributed by atoms with Crippen LogP contribution in [0, 0.1) is 0 Å². The number of hydrogen-bond donors (Lipinski definition) is 2. The van der Waals surface area contributed by atoms with Gasteiger partial charge >= 0.3 is 0 Å². The van der Waals surface area contributed by atoms with Crippen molar-refractivity contribution in [1.82, 2.24) is 0 Å². The van der Waals surface area contributed by atoms with Gasteiger partial charge in [-0.2, -0.15) is 0 Å². The zero-order chi connectivity index (χ0) is 13.8. The lowest BCUT2D eigenvalue weighted by molar-refractivity contribution is 0.0216. The van der Waals surface area contributed by atoms with Crippen molar-refractivity contribution in [3.05, 3.63) is 23.8 Å². The van der Waals surface area contributed by atoms with Gasteiger partial charge in [-0.05, 0) is 32.3 Å². The van der Waals surface area contributed by atoms with E-state index in [1.54, 1.807) is 19.1 Å². The summed E-state index contributed by atoms with van der Waals surface area (Å²) in [6.07, 6.45) is 3.11. The second-order valence-corrected chi connectivity index (χ2v) is 5.29. The first-order chi connectivity index (χ1) is 9.08. The lowest BCUT2D eigenvalue weighted by atomic mass is 10.1. The Bertz CT molecular complexity index is 414. The SMILES string of the molecule is CC(O)c1ccc(N(C)CC2CCCCO2)cc1O. The van der Waals surface area contributed by atoms with E-state index in [1.165, 1.54) is 6.42 Å². The standard InChI is InChI=1S/C15H23NO3/c1-11(17)14-7-6-12(9-15(14)18)16(2)10-13-5-3-4-8-19-13/h6-7,9,11,13,17-18H,3-5,8,10H2,1-2H3. The Labute approximate surface area is 114 Å². The van der Waals surface area contributed by atoms with Crippen molar-refractivity contribution < 1.29 is 14.9 Å². The second kappa shape index (κ2) is 6.26. The van der Waals surface area contributed by atoms with Crippen molar-refractivity contribution in [2.75, 3.05) is 25.1 Å². The molecule has 1 saturated heterocycles. The topological polar surface area (TPSA) is 52.9 Å². The third kappa shape index (κ3) is 3.61. The normalized spacial score (nSPS) is 21.1. The number of aromatic hydroxyl groups is 1. The van der Waals surface area contributed by atoms with Crippen molar-refractivity contribution in [2.45, 2.75) is 38.4 Å². The van der Waals surface area contributed by atoms with Crippen LogP contribution in [0.5, 0.6) is 5.75 Å². The van der Waals surface area contributed by atoms with E-state index in [4.69, 9.17) is 4.74 Å². The Hall–Kier alpha value is -1.26. The summed E-state index contributed by atoms with van der Waals surface area (Å²) >= 11 is 0. The number of rotatable bonds is 4. The summed E-state index contributed by atoms with van der Waals surface area (Å²) < 4.78 is 5.72. The highest BCUT2D eigenvalue weighted by Gasteiger charge is 2.17. The molecule has 0 radical (unpaired) electrons. The average molecular weight is 265 g/mol. The van der Waals surface area contributed by atoms with Crippen molar-refractivity contribution in [3.8, 4) is 5.75 Å². The Balaban J connectivity index is 2.02. The van der Waals surface area contributed by atoms with Gasteiger partial charge in [0.25, 0.3) is 0 Å². The van der Waals surface area contributed by atoms with Crippen molar-refractivity contribution >= 4 is 5.69 Å². The van der Waals surface area contributed by atoms with E-state index < -0.39 is 6.10 Å². The monoisotopic (exact) mass is 265 g/mol. The molecule has 106 valence electrons. The minimum absolute atomic E-state index is 0.143. The predicted octanol–water partition coefficient (Wildman–Crippen LogP) is 2.45. The van der Waals surface area contributed by atoms with Crippen LogP contribution in [-0.4, -0.2) is 36.5 Å². The van der Waals surface area contributed by atoms with Gasteiger partial charge in [-0.25, -0.2) is 0 Å². The fourth-order valence-electron chi connectivity index (χ4n) is 2.49. The fraction of sp³-hybridized carbons (Fsp3) is 0.600. The van der Waals surface area contributed by atoms with E-state index >= 15 is 0 Å². The molecule has 19 heavy (non-hydrogen) atoms. The molecule has 1 heterocycles. The van der Waals surface area contributed by atoms with Gasteiger partial charge in [0, 0.05) is 37.5 Å². The maximum Gasteiger partial charge on any atom is 0.123 e. The maximum atomic E-state index is 9.90. The Kier molecular flexibility index (Phi) is 4.66. The summed E-state index contributed by atoms with van der Waals surface area (Å²) in [4.78, 5) is 2.08. The molecule has 0 bridgehead atoms. The summed E-state index contributed by atoms with van der Waals surface area (Å²) in [6.45, 7) is 3.33. The molecule has 2 atom stereocenters. The number of anilines is 1. The highest BCUT2D eigenvalue weighted by molar-refractivity contribution is 5.53. The number of likely N-dealkylation sites (N-methyl/N-ethyl adjacent to an activating group) is 1. The highest BCUT2D eigenvalue weighted by atomic mass is 16.5. The van der Waals surface area contributed by atoms with Gasteiger partial charge in [-0.15, -0.1) is 0 Å². The van der Waals surface area contributed by atoms with Crippen molar-refractivity contribution in [3.63, 3.8) is 0 Å². The Morgan fingerprint density at radius 2 is 2.21 bits per heavy atom. The van der Waals surface area contributed by atoms with E-state index in [2.05, 4.69) is 4.90 Å². The molecule has 1 aliphatic heterocycles.